The molecule has 21 heavy (non-hydrogen) atoms. The number of carbonyl (C=O) groups is 1. The van der Waals surface area contributed by atoms with Crippen LogP contribution in [0.5, 0.6) is 0 Å². The molecule has 0 saturated heterocycles. The summed E-state index contributed by atoms with van der Waals surface area (Å²) in [6, 6.07) is 7.51. The van der Waals surface area contributed by atoms with Crippen LogP contribution in [0.25, 0.3) is 16.6 Å². The number of benzene rings is 1. The number of hydrogen-bond acceptors (Lipinski definition) is 4. The van der Waals surface area contributed by atoms with Crippen molar-refractivity contribution in [1.82, 2.24) is 4.98 Å². The number of allylic oxidation sites excluding steroid dienone is 1. The first-order valence-electron chi connectivity index (χ1n) is 6.18. The zero-order valence-electron chi connectivity index (χ0n) is 10.8. The molecule has 0 radical (unpaired) electrons. The van der Waals surface area contributed by atoms with Crippen LogP contribution in [0.3, 0.4) is 0 Å². The molecule has 0 bridgehead atoms. The number of nitrogens with zero attached hydrogens (tertiary/aromatic N) is 1. The van der Waals surface area contributed by atoms with Crippen LogP contribution in [0.1, 0.15) is 16.1 Å². The van der Waals surface area contributed by atoms with Crippen molar-refractivity contribution >= 4 is 34.5 Å². The Kier molecular flexibility index (Phi) is 4.03. The van der Waals surface area contributed by atoms with Gasteiger partial charge in [0.15, 0.2) is 5.78 Å². The molecule has 2 aromatic heterocycles. The third kappa shape index (κ3) is 3.32. The van der Waals surface area contributed by atoms with Crippen LogP contribution in [0.15, 0.2) is 52.5 Å². The summed E-state index contributed by atoms with van der Waals surface area (Å²) in [5, 5.41) is 6.88. The summed E-state index contributed by atoms with van der Waals surface area (Å²) in [7, 11) is 0. The lowest BCUT2D eigenvalue weighted by atomic mass is 10.1. The second-order valence-electron chi connectivity index (χ2n) is 4.29. The Balaban J connectivity index is 1.74. The van der Waals surface area contributed by atoms with Gasteiger partial charge in [-0.1, -0.05) is 0 Å². The number of thiophene rings is 1. The third-order valence-corrected chi connectivity index (χ3v) is 4.42. The Morgan fingerprint density at radius 1 is 1.14 bits per heavy atom. The molecule has 0 aliphatic rings. The van der Waals surface area contributed by atoms with Crippen molar-refractivity contribution in [3.05, 3.63) is 69.6 Å². The van der Waals surface area contributed by atoms with E-state index in [-0.39, 0.29) is 11.6 Å². The maximum Gasteiger partial charge on any atom is 0.185 e. The van der Waals surface area contributed by atoms with E-state index in [1.54, 1.807) is 28.7 Å². The molecule has 0 atom stereocenters. The number of carbonyl (C=O) groups excluding carboxylic acids is 1. The zero-order valence-corrected chi connectivity index (χ0v) is 12.5. The minimum Gasteiger partial charge on any atom is -0.289 e. The van der Waals surface area contributed by atoms with Crippen LogP contribution >= 0.6 is 22.7 Å². The highest BCUT2D eigenvalue weighted by molar-refractivity contribution is 7.14. The van der Waals surface area contributed by atoms with Gasteiger partial charge >= 0.3 is 0 Å². The van der Waals surface area contributed by atoms with E-state index in [2.05, 4.69) is 4.98 Å². The van der Waals surface area contributed by atoms with Crippen LogP contribution in [0.4, 0.5) is 4.39 Å². The van der Waals surface area contributed by atoms with E-state index in [9.17, 15) is 9.18 Å². The SMILES string of the molecule is O=C(/C=C/c1csc(-c2ccsc2)n1)c1ccc(F)cc1. The molecule has 2 heterocycles. The highest BCUT2D eigenvalue weighted by Gasteiger charge is 2.05. The lowest BCUT2D eigenvalue weighted by molar-refractivity contribution is 0.104. The third-order valence-electron chi connectivity index (χ3n) is 2.82. The minimum atomic E-state index is -0.351. The first kappa shape index (κ1) is 13.9. The van der Waals surface area contributed by atoms with Crippen molar-refractivity contribution in [3.8, 4) is 10.6 Å². The molecule has 3 aromatic rings. The Morgan fingerprint density at radius 3 is 2.67 bits per heavy atom. The van der Waals surface area contributed by atoms with Gasteiger partial charge in [0.25, 0.3) is 0 Å². The normalized spacial score (nSPS) is 11.1. The molecule has 0 amide bonds. The standard InChI is InChI=1S/C16H10FNOS2/c17-13-3-1-11(2-4-13)15(19)6-5-14-10-21-16(18-14)12-7-8-20-9-12/h1-10H/b6-5+. The molecule has 104 valence electrons. The van der Waals surface area contributed by atoms with Crippen molar-refractivity contribution in [3.63, 3.8) is 0 Å². The fraction of sp³-hybridized carbons (Fsp3) is 0. The first-order chi connectivity index (χ1) is 10.2. The van der Waals surface area contributed by atoms with E-state index < -0.39 is 0 Å². The summed E-state index contributed by atoms with van der Waals surface area (Å²) < 4.78 is 12.8. The van der Waals surface area contributed by atoms with Gasteiger partial charge in [-0.05, 0) is 47.9 Å². The molecule has 1 aromatic carbocycles. The topological polar surface area (TPSA) is 30.0 Å². The predicted molar refractivity (Wildman–Crippen MR) is 85.2 cm³/mol. The number of rotatable bonds is 4. The Bertz CT molecular complexity index is 773. The van der Waals surface area contributed by atoms with E-state index in [1.807, 2.05) is 22.2 Å². The van der Waals surface area contributed by atoms with Gasteiger partial charge in [-0.25, -0.2) is 9.37 Å². The molecule has 0 unspecified atom stereocenters. The average molecular weight is 315 g/mol. The Morgan fingerprint density at radius 2 is 1.95 bits per heavy atom. The van der Waals surface area contributed by atoms with Crippen molar-refractivity contribution < 1.29 is 9.18 Å². The van der Waals surface area contributed by atoms with Crippen LogP contribution in [0.2, 0.25) is 0 Å². The van der Waals surface area contributed by atoms with Crippen molar-refractivity contribution in [2.75, 3.05) is 0 Å². The second-order valence-corrected chi connectivity index (χ2v) is 5.93. The van der Waals surface area contributed by atoms with E-state index in [1.165, 1.54) is 30.3 Å². The number of aromatic nitrogens is 1. The van der Waals surface area contributed by atoms with E-state index >= 15 is 0 Å². The molecule has 0 aliphatic heterocycles. The van der Waals surface area contributed by atoms with Gasteiger partial charge in [-0.2, -0.15) is 11.3 Å². The summed E-state index contributed by atoms with van der Waals surface area (Å²) in [4.78, 5) is 16.4. The summed E-state index contributed by atoms with van der Waals surface area (Å²) >= 11 is 3.16. The van der Waals surface area contributed by atoms with Gasteiger partial charge in [0.05, 0.1) is 5.69 Å². The molecular weight excluding hydrogens is 305 g/mol. The van der Waals surface area contributed by atoms with E-state index in [0.29, 0.717) is 5.56 Å². The fourth-order valence-corrected chi connectivity index (χ4v) is 3.25. The molecule has 0 saturated carbocycles. The lowest BCUT2D eigenvalue weighted by Gasteiger charge is -1.94. The smallest absolute Gasteiger partial charge is 0.185 e. The van der Waals surface area contributed by atoms with Crippen LogP contribution in [-0.2, 0) is 0 Å². The van der Waals surface area contributed by atoms with E-state index in [0.717, 1.165) is 16.3 Å². The highest BCUT2D eigenvalue weighted by Crippen LogP contribution is 2.26. The van der Waals surface area contributed by atoms with Gasteiger partial charge in [0.1, 0.15) is 10.8 Å². The molecule has 0 N–H and O–H groups in total. The molecule has 0 fully saturated rings. The van der Waals surface area contributed by atoms with Gasteiger partial charge in [0.2, 0.25) is 0 Å². The molecule has 2 nitrogen and oxygen atoms in total. The van der Waals surface area contributed by atoms with Gasteiger partial charge in [-0.15, -0.1) is 11.3 Å². The first-order valence-corrected chi connectivity index (χ1v) is 8.01. The van der Waals surface area contributed by atoms with Crippen molar-refractivity contribution in [2.24, 2.45) is 0 Å². The Hall–Kier alpha value is -2.11. The molecule has 0 spiro atoms. The van der Waals surface area contributed by atoms with E-state index in [4.69, 9.17) is 0 Å². The predicted octanol–water partition coefficient (Wildman–Crippen LogP) is 4.91. The summed E-state index contributed by atoms with van der Waals surface area (Å²) in [5.41, 5.74) is 2.30. The number of halogens is 1. The maximum atomic E-state index is 12.8. The number of thiazole rings is 1. The summed E-state index contributed by atoms with van der Waals surface area (Å²) in [5.74, 6) is -0.518. The zero-order chi connectivity index (χ0) is 14.7. The van der Waals surface area contributed by atoms with Gasteiger partial charge in [-0.3, -0.25) is 4.79 Å². The largest absolute Gasteiger partial charge is 0.289 e. The molecular formula is C16H10FNOS2. The molecule has 0 aliphatic carbocycles. The summed E-state index contributed by atoms with van der Waals surface area (Å²) in [6.45, 7) is 0. The Labute approximate surface area is 129 Å². The van der Waals surface area contributed by atoms with Crippen molar-refractivity contribution in [1.29, 1.82) is 0 Å². The minimum absolute atomic E-state index is 0.167. The highest BCUT2D eigenvalue weighted by atomic mass is 32.1. The number of hydrogen-bond donors (Lipinski definition) is 0. The molecule has 5 heteroatoms. The van der Waals surface area contributed by atoms with Crippen LogP contribution < -0.4 is 0 Å². The fourth-order valence-electron chi connectivity index (χ4n) is 1.75. The molecule has 3 rings (SSSR count). The van der Waals surface area contributed by atoms with Crippen molar-refractivity contribution in [2.45, 2.75) is 0 Å². The maximum absolute atomic E-state index is 12.8. The summed E-state index contributed by atoms with van der Waals surface area (Å²) in [6.07, 6.45) is 3.14. The average Bonchev–Trinajstić information content (AvgIpc) is 3.16. The monoisotopic (exact) mass is 315 g/mol. The van der Waals surface area contributed by atoms with Crippen LogP contribution in [0, 0.1) is 5.82 Å². The van der Waals surface area contributed by atoms with Gasteiger partial charge < -0.3 is 0 Å². The van der Waals surface area contributed by atoms with Gasteiger partial charge in [0, 0.05) is 21.9 Å². The lowest BCUT2D eigenvalue weighted by Crippen LogP contribution is -1.93. The quantitative estimate of drug-likeness (QED) is 0.506. The second kappa shape index (κ2) is 6.11. The number of ketones is 1. The van der Waals surface area contributed by atoms with Crippen LogP contribution in [-0.4, -0.2) is 10.8 Å².